The van der Waals surface area contributed by atoms with E-state index in [0.717, 1.165) is 11.3 Å². The highest BCUT2D eigenvalue weighted by Crippen LogP contribution is 2.29. The molecule has 0 fully saturated rings. The summed E-state index contributed by atoms with van der Waals surface area (Å²) in [6.45, 7) is 0. The summed E-state index contributed by atoms with van der Waals surface area (Å²) in [7, 11) is 1.60. The van der Waals surface area contributed by atoms with Crippen molar-refractivity contribution in [2.45, 2.75) is 0 Å². The largest absolute Gasteiger partial charge is 0.497 e. The average molecular weight is 407 g/mol. The highest BCUT2D eigenvalue weighted by Gasteiger charge is 2.17. The molecule has 2 aromatic heterocycles. The SMILES string of the molecule is COc1ccc(-c2noc(-c3ccccc3NC(=O)c3cccnc3Cl)n2)cc1. The van der Waals surface area contributed by atoms with Gasteiger partial charge >= 0.3 is 0 Å². The summed E-state index contributed by atoms with van der Waals surface area (Å²) in [6.07, 6.45) is 1.52. The number of ether oxygens (including phenoxy) is 1. The topological polar surface area (TPSA) is 90.1 Å². The number of benzene rings is 2. The maximum Gasteiger partial charge on any atom is 0.260 e. The number of nitrogens with zero attached hydrogens (tertiary/aromatic N) is 3. The molecular formula is C21H15ClN4O3. The Labute approximate surface area is 171 Å². The molecule has 4 rings (SSSR count). The van der Waals surface area contributed by atoms with E-state index in [-0.39, 0.29) is 22.5 Å². The van der Waals surface area contributed by atoms with Gasteiger partial charge in [-0.15, -0.1) is 0 Å². The zero-order valence-corrected chi connectivity index (χ0v) is 16.1. The number of rotatable bonds is 5. The summed E-state index contributed by atoms with van der Waals surface area (Å²) in [5.41, 5.74) is 2.16. The van der Waals surface area contributed by atoms with Crippen molar-refractivity contribution in [3.63, 3.8) is 0 Å². The van der Waals surface area contributed by atoms with E-state index in [1.54, 1.807) is 37.4 Å². The molecule has 144 valence electrons. The van der Waals surface area contributed by atoms with Crippen LogP contribution >= 0.6 is 11.6 Å². The van der Waals surface area contributed by atoms with Gasteiger partial charge < -0.3 is 14.6 Å². The van der Waals surface area contributed by atoms with Gasteiger partial charge in [-0.3, -0.25) is 4.79 Å². The molecular weight excluding hydrogens is 392 g/mol. The summed E-state index contributed by atoms with van der Waals surface area (Å²) in [6, 6.07) is 17.7. The molecule has 0 atom stereocenters. The van der Waals surface area contributed by atoms with E-state index in [1.807, 2.05) is 30.3 Å². The number of carbonyl (C=O) groups is 1. The molecule has 1 N–H and O–H groups in total. The van der Waals surface area contributed by atoms with Gasteiger partial charge in [-0.2, -0.15) is 4.98 Å². The third-order valence-electron chi connectivity index (χ3n) is 4.18. The molecule has 29 heavy (non-hydrogen) atoms. The molecule has 0 aliphatic carbocycles. The van der Waals surface area contributed by atoms with Crippen molar-refractivity contribution in [1.82, 2.24) is 15.1 Å². The number of methoxy groups -OCH3 is 1. The van der Waals surface area contributed by atoms with Crippen molar-refractivity contribution >= 4 is 23.2 Å². The van der Waals surface area contributed by atoms with Crippen LogP contribution in [0.3, 0.4) is 0 Å². The summed E-state index contributed by atoms with van der Waals surface area (Å²) >= 11 is 6.01. The first kappa shape index (κ1) is 18.6. The van der Waals surface area contributed by atoms with Crippen LogP contribution in [0.2, 0.25) is 5.15 Å². The molecule has 2 heterocycles. The summed E-state index contributed by atoms with van der Waals surface area (Å²) in [4.78, 5) is 21.0. The van der Waals surface area contributed by atoms with Crippen molar-refractivity contribution in [2.24, 2.45) is 0 Å². The van der Waals surface area contributed by atoms with Crippen molar-refractivity contribution in [1.29, 1.82) is 0 Å². The van der Waals surface area contributed by atoms with E-state index >= 15 is 0 Å². The van der Waals surface area contributed by atoms with Gasteiger partial charge in [0, 0.05) is 11.8 Å². The van der Waals surface area contributed by atoms with E-state index in [4.69, 9.17) is 20.9 Å². The molecule has 7 nitrogen and oxygen atoms in total. The number of carbonyl (C=O) groups excluding carboxylic acids is 1. The Balaban J connectivity index is 1.62. The lowest BCUT2D eigenvalue weighted by Crippen LogP contribution is -2.13. The minimum atomic E-state index is -0.384. The second kappa shape index (κ2) is 8.12. The number of anilines is 1. The number of pyridine rings is 1. The van der Waals surface area contributed by atoms with Crippen LogP contribution in [0.5, 0.6) is 5.75 Å². The summed E-state index contributed by atoms with van der Waals surface area (Å²) in [5, 5.41) is 6.99. The van der Waals surface area contributed by atoms with Gasteiger partial charge in [0.1, 0.15) is 10.9 Å². The van der Waals surface area contributed by atoms with Crippen LogP contribution < -0.4 is 10.1 Å². The Hall–Kier alpha value is -3.71. The first-order valence-corrected chi connectivity index (χ1v) is 9.03. The minimum absolute atomic E-state index is 0.127. The fourth-order valence-corrected chi connectivity index (χ4v) is 2.92. The predicted octanol–water partition coefficient (Wildman–Crippen LogP) is 4.71. The van der Waals surface area contributed by atoms with Crippen LogP contribution in [0, 0.1) is 0 Å². The Morgan fingerprint density at radius 1 is 1.07 bits per heavy atom. The number of nitrogens with one attached hydrogen (secondary N) is 1. The van der Waals surface area contributed by atoms with Crippen LogP contribution in [0.4, 0.5) is 5.69 Å². The monoisotopic (exact) mass is 406 g/mol. The molecule has 8 heteroatoms. The molecule has 0 aliphatic rings. The van der Waals surface area contributed by atoms with E-state index in [2.05, 4.69) is 20.4 Å². The first-order chi connectivity index (χ1) is 14.2. The highest BCUT2D eigenvalue weighted by molar-refractivity contribution is 6.33. The van der Waals surface area contributed by atoms with Gasteiger partial charge in [0.2, 0.25) is 5.82 Å². The number of amides is 1. The fraction of sp³-hybridized carbons (Fsp3) is 0.0476. The lowest BCUT2D eigenvalue weighted by atomic mass is 10.1. The maximum atomic E-state index is 12.6. The zero-order valence-electron chi connectivity index (χ0n) is 15.3. The van der Waals surface area contributed by atoms with Crippen molar-refractivity contribution < 1.29 is 14.1 Å². The van der Waals surface area contributed by atoms with Crippen LogP contribution in [-0.2, 0) is 0 Å². The number of para-hydroxylation sites is 1. The van der Waals surface area contributed by atoms with Gasteiger partial charge in [0.05, 0.1) is 23.9 Å². The second-order valence-electron chi connectivity index (χ2n) is 5.99. The van der Waals surface area contributed by atoms with Crippen LogP contribution in [0.25, 0.3) is 22.8 Å². The minimum Gasteiger partial charge on any atom is -0.497 e. The Morgan fingerprint density at radius 3 is 2.62 bits per heavy atom. The smallest absolute Gasteiger partial charge is 0.260 e. The Kier molecular flexibility index (Phi) is 5.22. The normalized spacial score (nSPS) is 10.6. The van der Waals surface area contributed by atoms with Gasteiger partial charge in [0.15, 0.2) is 0 Å². The third kappa shape index (κ3) is 3.95. The van der Waals surface area contributed by atoms with Gasteiger partial charge in [0.25, 0.3) is 11.8 Å². The van der Waals surface area contributed by atoms with E-state index < -0.39 is 0 Å². The molecule has 0 spiro atoms. The quantitative estimate of drug-likeness (QED) is 0.482. The second-order valence-corrected chi connectivity index (χ2v) is 6.35. The molecule has 1 amide bonds. The molecule has 0 saturated heterocycles. The van der Waals surface area contributed by atoms with Crippen LogP contribution in [0.15, 0.2) is 71.4 Å². The number of aromatic nitrogens is 3. The average Bonchev–Trinajstić information content (AvgIpc) is 3.24. The van der Waals surface area contributed by atoms with Gasteiger partial charge in [-0.05, 0) is 48.5 Å². The number of hydrogen-bond donors (Lipinski definition) is 1. The van der Waals surface area contributed by atoms with E-state index in [9.17, 15) is 4.79 Å². The highest BCUT2D eigenvalue weighted by atomic mass is 35.5. The molecule has 0 radical (unpaired) electrons. The standard InChI is InChI=1S/C21H15ClN4O3/c1-28-14-10-8-13(9-11-14)19-25-21(29-26-19)15-5-2-3-7-17(15)24-20(27)16-6-4-12-23-18(16)22/h2-12H,1H3,(H,24,27). The molecule has 0 saturated carbocycles. The van der Waals surface area contributed by atoms with Gasteiger partial charge in [-0.1, -0.05) is 28.9 Å². The van der Waals surface area contributed by atoms with Crippen molar-refractivity contribution in [3.05, 3.63) is 77.6 Å². The van der Waals surface area contributed by atoms with E-state index in [1.165, 1.54) is 6.20 Å². The maximum absolute atomic E-state index is 12.6. The fourth-order valence-electron chi connectivity index (χ4n) is 2.71. The lowest BCUT2D eigenvalue weighted by Gasteiger charge is -2.09. The van der Waals surface area contributed by atoms with Crippen LogP contribution in [-0.4, -0.2) is 28.1 Å². The molecule has 0 aliphatic heterocycles. The van der Waals surface area contributed by atoms with E-state index in [0.29, 0.717) is 17.1 Å². The molecule has 0 unspecified atom stereocenters. The molecule has 0 bridgehead atoms. The Bertz CT molecular complexity index is 1160. The van der Waals surface area contributed by atoms with Crippen LogP contribution in [0.1, 0.15) is 10.4 Å². The van der Waals surface area contributed by atoms with Crippen molar-refractivity contribution in [3.8, 4) is 28.6 Å². The first-order valence-electron chi connectivity index (χ1n) is 8.65. The van der Waals surface area contributed by atoms with Gasteiger partial charge in [-0.25, -0.2) is 4.98 Å². The summed E-state index contributed by atoms with van der Waals surface area (Å²) < 4.78 is 10.6. The number of halogens is 1. The predicted molar refractivity (Wildman–Crippen MR) is 109 cm³/mol. The number of hydrogen-bond acceptors (Lipinski definition) is 6. The zero-order chi connectivity index (χ0) is 20.2. The third-order valence-corrected chi connectivity index (χ3v) is 4.48. The lowest BCUT2D eigenvalue weighted by molar-refractivity contribution is 0.102. The molecule has 4 aromatic rings. The van der Waals surface area contributed by atoms with Crippen molar-refractivity contribution in [2.75, 3.05) is 12.4 Å². The summed E-state index contributed by atoms with van der Waals surface area (Å²) in [5.74, 6) is 1.06. The molecule has 2 aromatic carbocycles. The Morgan fingerprint density at radius 2 is 1.86 bits per heavy atom.